The van der Waals surface area contributed by atoms with E-state index >= 15 is 0 Å². The van der Waals surface area contributed by atoms with Crippen molar-refractivity contribution in [1.82, 2.24) is 25.0 Å². The van der Waals surface area contributed by atoms with E-state index in [-0.39, 0.29) is 5.56 Å². The van der Waals surface area contributed by atoms with Gasteiger partial charge in [0.2, 0.25) is 11.7 Å². The molecule has 8 heteroatoms. The van der Waals surface area contributed by atoms with Crippen molar-refractivity contribution in [3.63, 3.8) is 0 Å². The lowest BCUT2D eigenvalue weighted by molar-refractivity contribution is 0.208. The zero-order valence-corrected chi connectivity index (χ0v) is 15.0. The van der Waals surface area contributed by atoms with Gasteiger partial charge >= 0.3 is 0 Å². The number of nitrogens with zero attached hydrogens (tertiary/aromatic N) is 4. The number of benzene rings is 1. The van der Waals surface area contributed by atoms with Gasteiger partial charge in [0.15, 0.2) is 11.6 Å². The highest BCUT2D eigenvalue weighted by molar-refractivity contribution is 5.53. The quantitative estimate of drug-likeness (QED) is 0.585. The van der Waals surface area contributed by atoms with Crippen molar-refractivity contribution in [2.75, 3.05) is 6.54 Å². The predicted molar refractivity (Wildman–Crippen MR) is 100 cm³/mol. The lowest BCUT2D eigenvalue weighted by Crippen LogP contribution is -2.35. The summed E-state index contributed by atoms with van der Waals surface area (Å²) in [5.41, 5.74) is 2.25. The van der Waals surface area contributed by atoms with Gasteiger partial charge in [0, 0.05) is 25.1 Å². The summed E-state index contributed by atoms with van der Waals surface area (Å²) in [4.78, 5) is 26.5. The average Bonchev–Trinajstić information content (AvgIpc) is 3.41. The molecule has 1 N–H and O–H groups in total. The van der Waals surface area contributed by atoms with Crippen LogP contribution in [0, 0.1) is 0 Å². The molecule has 0 unspecified atom stereocenters. The molecule has 5 rings (SSSR count). The van der Waals surface area contributed by atoms with Crippen LogP contribution in [0.3, 0.4) is 0 Å². The molecule has 1 aliphatic heterocycles. The number of hydrogen-bond acceptors (Lipinski definition) is 7. The van der Waals surface area contributed by atoms with E-state index < -0.39 is 0 Å². The minimum atomic E-state index is -0.142. The molecule has 0 bridgehead atoms. The molecule has 0 amide bonds. The molecule has 8 nitrogen and oxygen atoms in total. The van der Waals surface area contributed by atoms with Gasteiger partial charge in [0.25, 0.3) is 5.56 Å². The molecule has 4 aromatic rings. The Kier molecular flexibility index (Phi) is 4.10. The molecular weight excluding hydrogens is 358 g/mol. The number of hydrogen-bond donors (Lipinski definition) is 1. The van der Waals surface area contributed by atoms with Crippen LogP contribution in [0.25, 0.3) is 23.0 Å². The van der Waals surface area contributed by atoms with Gasteiger partial charge in [0.05, 0.1) is 24.1 Å². The molecule has 4 heterocycles. The Morgan fingerprint density at radius 2 is 2.00 bits per heavy atom. The fourth-order valence-electron chi connectivity index (χ4n) is 3.36. The van der Waals surface area contributed by atoms with Gasteiger partial charge < -0.3 is 13.9 Å². The molecular formula is C20H17N5O3. The molecule has 3 aromatic heterocycles. The SMILES string of the molecule is O=c1[nH]c(-c2ccco2)nc2c1CN(Cc1nc(-c3ccccc3)no1)CC2. The highest BCUT2D eigenvalue weighted by atomic mass is 16.5. The Morgan fingerprint density at radius 1 is 1.11 bits per heavy atom. The minimum absolute atomic E-state index is 0.142. The van der Waals surface area contributed by atoms with Crippen molar-refractivity contribution in [1.29, 1.82) is 0 Å². The van der Waals surface area contributed by atoms with Crippen molar-refractivity contribution in [2.24, 2.45) is 0 Å². The zero-order chi connectivity index (χ0) is 18.9. The molecule has 0 atom stereocenters. The molecule has 0 saturated heterocycles. The van der Waals surface area contributed by atoms with Gasteiger partial charge in [-0.2, -0.15) is 4.98 Å². The van der Waals surface area contributed by atoms with Crippen LogP contribution in [0.2, 0.25) is 0 Å². The second-order valence-corrected chi connectivity index (χ2v) is 6.66. The second kappa shape index (κ2) is 6.90. The van der Waals surface area contributed by atoms with E-state index in [1.54, 1.807) is 18.4 Å². The van der Waals surface area contributed by atoms with E-state index in [9.17, 15) is 4.79 Å². The summed E-state index contributed by atoms with van der Waals surface area (Å²) in [5.74, 6) is 2.11. The first-order valence-electron chi connectivity index (χ1n) is 9.02. The van der Waals surface area contributed by atoms with E-state index in [4.69, 9.17) is 8.94 Å². The Labute approximate surface area is 159 Å². The fraction of sp³-hybridized carbons (Fsp3) is 0.200. The summed E-state index contributed by atoms with van der Waals surface area (Å²) in [7, 11) is 0. The van der Waals surface area contributed by atoms with Crippen molar-refractivity contribution < 1.29 is 8.94 Å². The number of aromatic amines is 1. The third kappa shape index (κ3) is 3.14. The number of H-pyrrole nitrogens is 1. The molecule has 0 saturated carbocycles. The molecule has 0 fully saturated rings. The topological polar surface area (TPSA) is 101 Å². The van der Waals surface area contributed by atoms with Crippen LogP contribution in [0.4, 0.5) is 0 Å². The summed E-state index contributed by atoms with van der Waals surface area (Å²) in [6.45, 7) is 1.72. The van der Waals surface area contributed by atoms with E-state index in [2.05, 4.69) is 25.0 Å². The highest BCUT2D eigenvalue weighted by Crippen LogP contribution is 2.21. The monoisotopic (exact) mass is 375 g/mol. The molecule has 28 heavy (non-hydrogen) atoms. The summed E-state index contributed by atoms with van der Waals surface area (Å²) >= 11 is 0. The lowest BCUT2D eigenvalue weighted by Gasteiger charge is -2.26. The Morgan fingerprint density at radius 3 is 2.82 bits per heavy atom. The van der Waals surface area contributed by atoms with Crippen molar-refractivity contribution in [3.05, 3.63) is 76.2 Å². The third-order valence-corrected chi connectivity index (χ3v) is 4.76. The molecule has 1 aliphatic rings. The fourth-order valence-corrected chi connectivity index (χ4v) is 3.36. The summed E-state index contributed by atoms with van der Waals surface area (Å²) in [5, 5.41) is 4.05. The highest BCUT2D eigenvalue weighted by Gasteiger charge is 2.23. The van der Waals surface area contributed by atoms with Gasteiger partial charge in [-0.1, -0.05) is 35.5 Å². The molecule has 140 valence electrons. The van der Waals surface area contributed by atoms with Crippen LogP contribution < -0.4 is 5.56 Å². The van der Waals surface area contributed by atoms with Crippen LogP contribution >= 0.6 is 0 Å². The largest absolute Gasteiger partial charge is 0.461 e. The average molecular weight is 375 g/mol. The Bertz CT molecular complexity index is 1150. The van der Waals surface area contributed by atoms with Crippen LogP contribution in [0.1, 0.15) is 17.1 Å². The smallest absolute Gasteiger partial charge is 0.256 e. The lowest BCUT2D eigenvalue weighted by atomic mass is 10.1. The van der Waals surface area contributed by atoms with E-state index in [0.29, 0.717) is 48.4 Å². The molecule has 0 aliphatic carbocycles. The van der Waals surface area contributed by atoms with E-state index in [1.807, 2.05) is 30.3 Å². The van der Waals surface area contributed by atoms with Crippen molar-refractivity contribution in [2.45, 2.75) is 19.5 Å². The summed E-state index contributed by atoms with van der Waals surface area (Å²) in [6.07, 6.45) is 2.23. The van der Waals surface area contributed by atoms with Gasteiger partial charge in [0.1, 0.15) is 0 Å². The molecule has 0 radical (unpaired) electrons. The third-order valence-electron chi connectivity index (χ3n) is 4.76. The van der Waals surface area contributed by atoms with Gasteiger partial charge in [-0.3, -0.25) is 9.69 Å². The number of nitrogens with one attached hydrogen (secondary N) is 1. The van der Waals surface area contributed by atoms with Gasteiger partial charge in [-0.25, -0.2) is 4.98 Å². The first-order chi connectivity index (χ1) is 13.8. The van der Waals surface area contributed by atoms with Crippen LogP contribution in [-0.4, -0.2) is 31.6 Å². The summed E-state index contributed by atoms with van der Waals surface area (Å²) < 4.78 is 10.7. The molecule has 1 aromatic carbocycles. The second-order valence-electron chi connectivity index (χ2n) is 6.66. The maximum atomic E-state index is 12.6. The van der Waals surface area contributed by atoms with Crippen LogP contribution in [0.5, 0.6) is 0 Å². The van der Waals surface area contributed by atoms with E-state index in [1.165, 1.54) is 0 Å². The predicted octanol–water partition coefficient (Wildman–Crippen LogP) is 2.64. The molecule has 0 spiro atoms. The van der Waals surface area contributed by atoms with Crippen LogP contribution in [0.15, 0.2) is 62.5 Å². The van der Waals surface area contributed by atoms with Gasteiger partial charge in [-0.15, -0.1) is 0 Å². The summed E-state index contributed by atoms with van der Waals surface area (Å²) in [6, 6.07) is 13.2. The first kappa shape index (κ1) is 16.6. The number of rotatable bonds is 4. The van der Waals surface area contributed by atoms with Crippen molar-refractivity contribution in [3.8, 4) is 23.0 Å². The van der Waals surface area contributed by atoms with E-state index in [0.717, 1.165) is 17.8 Å². The maximum Gasteiger partial charge on any atom is 0.256 e. The zero-order valence-electron chi connectivity index (χ0n) is 15.0. The minimum Gasteiger partial charge on any atom is -0.461 e. The first-order valence-corrected chi connectivity index (χ1v) is 9.02. The Hall–Kier alpha value is -3.52. The van der Waals surface area contributed by atoms with Crippen LogP contribution in [-0.2, 0) is 19.5 Å². The number of aromatic nitrogens is 4. The Balaban J connectivity index is 1.34. The van der Waals surface area contributed by atoms with Crippen molar-refractivity contribution >= 4 is 0 Å². The standard InChI is InChI=1S/C20H17N5O3/c26-20-14-11-25(9-8-15(14)21-19(23-20)16-7-4-10-27-16)12-17-22-18(24-28-17)13-5-2-1-3-6-13/h1-7,10H,8-9,11-12H2,(H,21,23,26). The number of furan rings is 1. The number of fused-ring (bicyclic) bond motifs is 1. The maximum absolute atomic E-state index is 12.6. The normalized spacial score (nSPS) is 14.1. The van der Waals surface area contributed by atoms with Gasteiger partial charge in [-0.05, 0) is 12.1 Å².